The van der Waals surface area contributed by atoms with Crippen molar-refractivity contribution >= 4 is 17.6 Å². The number of carbonyl (C=O) groups excluding carboxylic acids is 2. The lowest BCUT2D eigenvalue weighted by molar-refractivity contribution is -0.136. The Balaban J connectivity index is 2.08. The Morgan fingerprint density at radius 3 is 2.46 bits per heavy atom. The minimum atomic E-state index is -0.112. The van der Waals surface area contributed by atoms with E-state index in [1.807, 2.05) is 36.9 Å². The van der Waals surface area contributed by atoms with E-state index < -0.39 is 0 Å². The molecule has 0 spiro atoms. The van der Waals surface area contributed by atoms with E-state index in [2.05, 4.69) is 32.2 Å². The summed E-state index contributed by atoms with van der Waals surface area (Å²) >= 11 is 0. The third kappa shape index (κ3) is 4.77. The summed E-state index contributed by atoms with van der Waals surface area (Å²) in [5.74, 6) is 0.0786. The van der Waals surface area contributed by atoms with Crippen LogP contribution in [-0.4, -0.2) is 47.9 Å². The zero-order chi connectivity index (χ0) is 19.3. The van der Waals surface area contributed by atoms with Gasteiger partial charge in [-0.2, -0.15) is 0 Å². The van der Waals surface area contributed by atoms with Crippen LogP contribution < -0.4 is 5.32 Å². The van der Waals surface area contributed by atoms with Gasteiger partial charge >= 0.3 is 6.03 Å². The van der Waals surface area contributed by atoms with E-state index in [1.54, 1.807) is 4.90 Å². The fourth-order valence-electron chi connectivity index (χ4n) is 3.60. The first-order valence-electron chi connectivity index (χ1n) is 9.72. The fraction of sp³-hybridized carbons (Fsp3) is 0.619. The van der Waals surface area contributed by atoms with Crippen molar-refractivity contribution in [3.05, 3.63) is 29.8 Å². The van der Waals surface area contributed by atoms with Gasteiger partial charge in [-0.15, -0.1) is 0 Å². The molecule has 5 nitrogen and oxygen atoms in total. The van der Waals surface area contributed by atoms with Crippen LogP contribution in [0.4, 0.5) is 10.5 Å². The Bertz CT molecular complexity index is 632. The third-order valence-corrected chi connectivity index (χ3v) is 5.11. The second kappa shape index (κ2) is 8.56. The molecule has 1 N–H and O–H groups in total. The van der Waals surface area contributed by atoms with Gasteiger partial charge in [-0.3, -0.25) is 4.79 Å². The predicted octanol–water partition coefficient (Wildman–Crippen LogP) is 4.10. The third-order valence-electron chi connectivity index (χ3n) is 5.11. The lowest BCUT2D eigenvalue weighted by Gasteiger charge is -2.35. The number of benzene rings is 1. The van der Waals surface area contributed by atoms with Crippen molar-refractivity contribution in [2.24, 2.45) is 5.92 Å². The number of hydrogen-bond donors (Lipinski definition) is 1. The molecule has 1 aliphatic heterocycles. The van der Waals surface area contributed by atoms with Crippen LogP contribution >= 0.6 is 0 Å². The molecule has 5 heteroatoms. The molecule has 1 aliphatic rings. The Hall–Kier alpha value is -2.04. The van der Waals surface area contributed by atoms with Gasteiger partial charge in [0.05, 0.1) is 5.92 Å². The van der Waals surface area contributed by atoms with Gasteiger partial charge < -0.3 is 15.1 Å². The summed E-state index contributed by atoms with van der Waals surface area (Å²) in [6.07, 6.45) is 1.73. The topological polar surface area (TPSA) is 52.7 Å². The Kier molecular flexibility index (Phi) is 6.68. The maximum absolute atomic E-state index is 12.8. The van der Waals surface area contributed by atoms with Crippen LogP contribution in [0.2, 0.25) is 0 Å². The van der Waals surface area contributed by atoms with Crippen LogP contribution in [0.15, 0.2) is 24.3 Å². The molecule has 0 radical (unpaired) electrons. The van der Waals surface area contributed by atoms with Gasteiger partial charge in [0.1, 0.15) is 0 Å². The monoisotopic (exact) mass is 359 g/mol. The largest absolute Gasteiger partial charge is 0.343 e. The lowest BCUT2D eigenvalue weighted by Crippen LogP contribution is -2.48. The fourth-order valence-corrected chi connectivity index (χ4v) is 3.60. The Morgan fingerprint density at radius 1 is 1.19 bits per heavy atom. The highest BCUT2D eigenvalue weighted by Crippen LogP contribution is 2.29. The van der Waals surface area contributed by atoms with Crippen molar-refractivity contribution in [1.29, 1.82) is 0 Å². The maximum Gasteiger partial charge on any atom is 0.321 e. The second-order valence-corrected chi connectivity index (χ2v) is 8.02. The molecule has 1 atom stereocenters. The first-order valence-corrected chi connectivity index (χ1v) is 9.72. The lowest BCUT2D eigenvalue weighted by atomic mass is 9.86. The summed E-state index contributed by atoms with van der Waals surface area (Å²) in [6.45, 7) is 13.0. The first-order chi connectivity index (χ1) is 12.3. The summed E-state index contributed by atoms with van der Waals surface area (Å²) in [6, 6.07) is 7.82. The predicted molar refractivity (Wildman–Crippen MR) is 106 cm³/mol. The molecular formula is C21H33N3O2. The van der Waals surface area contributed by atoms with Gasteiger partial charge in [0, 0.05) is 31.9 Å². The van der Waals surface area contributed by atoms with Gasteiger partial charge in [0.15, 0.2) is 0 Å². The minimum Gasteiger partial charge on any atom is -0.343 e. The van der Waals surface area contributed by atoms with Crippen LogP contribution in [0, 0.1) is 5.92 Å². The number of likely N-dealkylation sites (tertiary alicyclic amines) is 1. The average Bonchev–Trinajstić information content (AvgIpc) is 2.62. The SMILES string of the molecule is CCN(CC)C(=O)C1CCCN(C(=O)Nc2ccccc2C(C)(C)C)C1. The highest BCUT2D eigenvalue weighted by Gasteiger charge is 2.31. The van der Waals surface area contributed by atoms with E-state index in [0.29, 0.717) is 13.1 Å². The molecule has 0 bridgehead atoms. The maximum atomic E-state index is 12.8. The Labute approximate surface area is 157 Å². The smallest absolute Gasteiger partial charge is 0.321 e. The Morgan fingerprint density at radius 2 is 1.85 bits per heavy atom. The second-order valence-electron chi connectivity index (χ2n) is 8.02. The van der Waals surface area contributed by atoms with Gasteiger partial charge in [-0.1, -0.05) is 39.0 Å². The van der Waals surface area contributed by atoms with Crippen molar-refractivity contribution in [2.75, 3.05) is 31.5 Å². The number of nitrogens with one attached hydrogen (secondary N) is 1. The zero-order valence-electron chi connectivity index (χ0n) is 16.8. The van der Waals surface area contributed by atoms with Crippen LogP contribution in [-0.2, 0) is 10.2 Å². The standard InChI is InChI=1S/C21H33N3O2/c1-6-23(7-2)19(25)16-11-10-14-24(15-16)20(26)22-18-13-9-8-12-17(18)21(3,4)5/h8-9,12-13,16H,6-7,10-11,14-15H2,1-5H3,(H,22,26). The minimum absolute atomic E-state index is 0.0486. The molecule has 0 saturated carbocycles. The number of rotatable bonds is 4. The molecule has 3 amide bonds. The zero-order valence-corrected chi connectivity index (χ0v) is 16.8. The summed E-state index contributed by atoms with van der Waals surface area (Å²) in [5, 5.41) is 3.07. The number of urea groups is 1. The normalized spacial score (nSPS) is 17.7. The molecule has 1 saturated heterocycles. The number of anilines is 1. The number of para-hydroxylation sites is 1. The molecule has 144 valence electrons. The van der Waals surface area contributed by atoms with Crippen LogP contribution in [0.25, 0.3) is 0 Å². The van der Waals surface area contributed by atoms with Crippen molar-refractivity contribution in [3.8, 4) is 0 Å². The molecule has 0 aromatic heterocycles. The number of amides is 3. The summed E-state index contributed by atoms with van der Waals surface area (Å²) in [4.78, 5) is 29.1. The van der Waals surface area contributed by atoms with Gasteiger partial charge in [0.2, 0.25) is 5.91 Å². The molecule has 26 heavy (non-hydrogen) atoms. The van der Waals surface area contributed by atoms with Crippen LogP contribution in [0.1, 0.15) is 53.0 Å². The number of carbonyl (C=O) groups is 2. The van der Waals surface area contributed by atoms with Crippen LogP contribution in [0.5, 0.6) is 0 Å². The summed E-state index contributed by atoms with van der Waals surface area (Å²) in [5.41, 5.74) is 1.91. The molecular weight excluding hydrogens is 326 g/mol. The molecule has 1 unspecified atom stereocenters. The molecule has 1 aromatic rings. The molecule has 1 aromatic carbocycles. The van der Waals surface area contributed by atoms with Gasteiger partial charge in [0.25, 0.3) is 0 Å². The molecule has 1 fully saturated rings. The van der Waals surface area contributed by atoms with Crippen molar-refractivity contribution in [2.45, 2.75) is 52.9 Å². The van der Waals surface area contributed by atoms with E-state index in [-0.39, 0.29) is 23.3 Å². The summed E-state index contributed by atoms with van der Waals surface area (Å²) in [7, 11) is 0. The molecule has 1 heterocycles. The highest BCUT2D eigenvalue weighted by atomic mass is 16.2. The first kappa shape index (κ1) is 20.3. The molecule has 2 rings (SSSR count). The van der Waals surface area contributed by atoms with E-state index in [9.17, 15) is 9.59 Å². The van der Waals surface area contributed by atoms with Crippen molar-refractivity contribution < 1.29 is 9.59 Å². The van der Waals surface area contributed by atoms with Crippen molar-refractivity contribution in [3.63, 3.8) is 0 Å². The number of nitrogens with zero attached hydrogens (tertiary/aromatic N) is 2. The van der Waals surface area contributed by atoms with E-state index >= 15 is 0 Å². The number of piperidine rings is 1. The summed E-state index contributed by atoms with van der Waals surface area (Å²) < 4.78 is 0. The average molecular weight is 360 g/mol. The highest BCUT2D eigenvalue weighted by molar-refractivity contribution is 5.91. The van der Waals surface area contributed by atoms with E-state index in [4.69, 9.17) is 0 Å². The van der Waals surface area contributed by atoms with Crippen molar-refractivity contribution in [1.82, 2.24) is 9.80 Å². The van der Waals surface area contributed by atoms with E-state index in [1.165, 1.54) is 0 Å². The van der Waals surface area contributed by atoms with Gasteiger partial charge in [-0.05, 0) is 43.7 Å². The molecule has 0 aliphatic carbocycles. The quantitative estimate of drug-likeness (QED) is 0.880. The van der Waals surface area contributed by atoms with Gasteiger partial charge in [-0.25, -0.2) is 4.79 Å². The van der Waals surface area contributed by atoms with E-state index in [0.717, 1.165) is 37.2 Å². The number of hydrogen-bond acceptors (Lipinski definition) is 2. The van der Waals surface area contributed by atoms with Crippen LogP contribution in [0.3, 0.4) is 0 Å².